The van der Waals surface area contributed by atoms with Crippen LogP contribution in [-0.4, -0.2) is 20.4 Å². The Morgan fingerprint density at radius 2 is 2.00 bits per heavy atom. The van der Waals surface area contributed by atoms with Crippen LogP contribution >= 0.6 is 11.3 Å². The van der Waals surface area contributed by atoms with Crippen LogP contribution in [0, 0.1) is 5.82 Å². The summed E-state index contributed by atoms with van der Waals surface area (Å²) >= 11 is 0.618. The minimum atomic E-state index is -4.70. The Balaban J connectivity index is 2.58. The van der Waals surface area contributed by atoms with Crippen LogP contribution in [0.4, 0.5) is 17.6 Å². The second-order valence-electron chi connectivity index (χ2n) is 3.50. The fraction of sp³-hybridized carbons (Fsp3) is 0.200. The van der Waals surface area contributed by atoms with Crippen LogP contribution in [0.25, 0.3) is 10.6 Å². The predicted molar refractivity (Wildman–Crippen MR) is 62.6 cm³/mol. The average molecular weight is 310 g/mol. The smallest absolute Gasteiger partial charge is 0.261 e. The van der Waals surface area contributed by atoms with E-state index in [0.717, 1.165) is 18.5 Å². The van der Waals surface area contributed by atoms with Crippen molar-refractivity contribution < 1.29 is 21.8 Å². The molecule has 0 N–H and O–H groups in total. The van der Waals surface area contributed by atoms with Gasteiger partial charge in [0.2, 0.25) is 0 Å². The largest absolute Gasteiger partial charge is 0.435 e. The van der Waals surface area contributed by atoms with Crippen LogP contribution in [0.5, 0.6) is 0 Å². The number of hydrogen-bond acceptors (Lipinski definition) is 4. The number of rotatable bonds is 2. The molecular formula is C10H6F4N2OS2. The lowest BCUT2D eigenvalue weighted by Crippen LogP contribution is -2.08. The van der Waals surface area contributed by atoms with Gasteiger partial charge in [-0.25, -0.2) is 9.37 Å². The zero-order valence-corrected chi connectivity index (χ0v) is 11.0. The highest BCUT2D eigenvalue weighted by Gasteiger charge is 2.38. The van der Waals surface area contributed by atoms with E-state index in [9.17, 15) is 21.8 Å². The van der Waals surface area contributed by atoms with Gasteiger partial charge < -0.3 is 0 Å². The van der Waals surface area contributed by atoms with E-state index in [2.05, 4.69) is 9.97 Å². The van der Waals surface area contributed by atoms with Gasteiger partial charge in [0.15, 0.2) is 5.69 Å². The monoisotopic (exact) mass is 310 g/mol. The maximum atomic E-state index is 13.0. The number of aromatic nitrogens is 2. The molecule has 3 nitrogen and oxygen atoms in total. The van der Waals surface area contributed by atoms with Crippen LogP contribution in [0.2, 0.25) is 0 Å². The molecule has 2 rings (SSSR count). The minimum absolute atomic E-state index is 0.0653. The summed E-state index contributed by atoms with van der Waals surface area (Å²) in [6.07, 6.45) is -1.43. The topological polar surface area (TPSA) is 42.9 Å². The molecular weight excluding hydrogens is 304 g/mol. The van der Waals surface area contributed by atoms with Crippen molar-refractivity contribution in [3.63, 3.8) is 0 Å². The first-order valence-corrected chi connectivity index (χ1v) is 7.19. The third-order valence-electron chi connectivity index (χ3n) is 2.08. The maximum absolute atomic E-state index is 13.0. The van der Waals surface area contributed by atoms with E-state index in [-0.39, 0.29) is 14.8 Å². The van der Waals surface area contributed by atoms with Gasteiger partial charge in [0.25, 0.3) is 0 Å². The van der Waals surface area contributed by atoms with E-state index >= 15 is 0 Å². The van der Waals surface area contributed by atoms with E-state index in [4.69, 9.17) is 0 Å². The summed E-state index contributed by atoms with van der Waals surface area (Å²) in [5.74, 6) is -0.680. The highest BCUT2D eigenvalue weighted by atomic mass is 32.2. The van der Waals surface area contributed by atoms with Crippen molar-refractivity contribution in [1.82, 2.24) is 9.97 Å². The lowest BCUT2D eigenvalue weighted by Gasteiger charge is -2.03. The Labute approximate surface area is 111 Å². The van der Waals surface area contributed by atoms with Crippen LogP contribution in [0.15, 0.2) is 22.7 Å². The van der Waals surface area contributed by atoms with Gasteiger partial charge in [-0.1, -0.05) is 0 Å². The highest BCUT2D eigenvalue weighted by molar-refractivity contribution is 7.86. The van der Waals surface area contributed by atoms with E-state index < -0.39 is 28.5 Å². The molecule has 0 bridgehead atoms. The van der Waals surface area contributed by atoms with Gasteiger partial charge in [-0.3, -0.25) is 9.19 Å². The molecule has 0 aliphatic carbocycles. The van der Waals surface area contributed by atoms with Crippen LogP contribution < -0.4 is 0 Å². The summed E-state index contributed by atoms with van der Waals surface area (Å²) in [6, 6.07) is 1.02. The van der Waals surface area contributed by atoms with Gasteiger partial charge in [-0.15, -0.1) is 11.3 Å². The van der Waals surface area contributed by atoms with Crippen molar-refractivity contribution in [2.45, 2.75) is 10.4 Å². The molecule has 0 amide bonds. The summed E-state index contributed by atoms with van der Waals surface area (Å²) in [4.78, 5) is 6.95. The molecule has 0 radical (unpaired) electrons. The first kappa shape index (κ1) is 14.1. The minimum Gasteiger partial charge on any atom is -0.261 e. The van der Waals surface area contributed by atoms with Gasteiger partial charge in [-0.05, 0) is 6.07 Å². The van der Waals surface area contributed by atoms with Crippen molar-refractivity contribution >= 4 is 22.1 Å². The first-order chi connectivity index (χ1) is 8.79. The van der Waals surface area contributed by atoms with Crippen LogP contribution in [-0.2, 0) is 17.0 Å². The van der Waals surface area contributed by atoms with Gasteiger partial charge >= 0.3 is 6.18 Å². The van der Waals surface area contributed by atoms with Gasteiger partial charge in [0, 0.05) is 18.0 Å². The van der Waals surface area contributed by atoms with Crippen molar-refractivity contribution in [3.8, 4) is 10.6 Å². The van der Waals surface area contributed by atoms with Crippen LogP contribution in [0.3, 0.4) is 0 Å². The van der Waals surface area contributed by atoms with Crippen molar-refractivity contribution in [1.29, 1.82) is 0 Å². The molecule has 1 unspecified atom stereocenters. The molecule has 102 valence electrons. The summed E-state index contributed by atoms with van der Waals surface area (Å²) in [6.45, 7) is 0. The van der Waals surface area contributed by atoms with E-state index in [0.29, 0.717) is 11.3 Å². The molecule has 2 aromatic heterocycles. The molecule has 0 aliphatic heterocycles. The fourth-order valence-corrected chi connectivity index (χ4v) is 3.27. The Hall–Kier alpha value is -1.35. The molecule has 0 saturated heterocycles. The third kappa shape index (κ3) is 2.98. The molecule has 0 fully saturated rings. The number of alkyl halides is 3. The molecule has 0 aromatic carbocycles. The maximum Gasteiger partial charge on any atom is 0.435 e. The third-order valence-corrected chi connectivity index (χ3v) is 4.65. The lowest BCUT2D eigenvalue weighted by molar-refractivity contribution is -0.142. The molecule has 0 spiro atoms. The Bertz CT molecular complexity index is 639. The van der Waals surface area contributed by atoms with Crippen molar-refractivity contribution in [2.24, 2.45) is 0 Å². The zero-order chi connectivity index (χ0) is 14.2. The fourth-order valence-electron chi connectivity index (χ4n) is 1.33. The first-order valence-electron chi connectivity index (χ1n) is 4.81. The quantitative estimate of drug-likeness (QED) is 0.801. The Morgan fingerprint density at radius 1 is 1.32 bits per heavy atom. The Morgan fingerprint density at radius 3 is 2.47 bits per heavy atom. The molecule has 19 heavy (non-hydrogen) atoms. The molecule has 0 saturated carbocycles. The van der Waals surface area contributed by atoms with Gasteiger partial charge in [0.05, 0.1) is 17.0 Å². The van der Waals surface area contributed by atoms with Gasteiger partial charge in [-0.2, -0.15) is 13.2 Å². The standard InChI is InChI=1S/C10H6F4N2OS2/c1-19(17)9-7(10(12,13)14)16-8(18-9)5-2-6(11)4-15-3-5/h2-4H,1H3. The molecule has 2 heterocycles. The normalized spacial score (nSPS) is 13.5. The number of pyridine rings is 1. The van der Waals surface area contributed by atoms with E-state index in [1.807, 2.05) is 0 Å². The summed E-state index contributed by atoms with van der Waals surface area (Å²) in [7, 11) is -1.82. The molecule has 2 aromatic rings. The van der Waals surface area contributed by atoms with Gasteiger partial charge in [0.1, 0.15) is 15.0 Å². The summed E-state index contributed by atoms with van der Waals surface area (Å²) in [5, 5.41) is -0.0653. The summed E-state index contributed by atoms with van der Waals surface area (Å²) in [5.41, 5.74) is -1.08. The number of hydrogen-bond donors (Lipinski definition) is 0. The average Bonchev–Trinajstić information content (AvgIpc) is 2.73. The Kier molecular flexibility index (Phi) is 3.68. The number of nitrogens with zero attached hydrogens (tertiary/aromatic N) is 2. The molecule has 0 aliphatic rings. The SMILES string of the molecule is CS(=O)c1sc(-c2cncc(F)c2)nc1C(F)(F)F. The number of thiazole rings is 1. The van der Waals surface area contributed by atoms with E-state index in [1.165, 1.54) is 6.20 Å². The highest BCUT2D eigenvalue weighted by Crippen LogP contribution is 2.39. The van der Waals surface area contributed by atoms with Crippen molar-refractivity contribution in [2.75, 3.05) is 6.26 Å². The molecule has 1 atom stereocenters. The predicted octanol–water partition coefficient (Wildman–Crippen LogP) is 3.10. The second-order valence-corrected chi connectivity index (χ2v) is 6.07. The lowest BCUT2D eigenvalue weighted by atomic mass is 10.3. The number of halogens is 4. The van der Waals surface area contributed by atoms with E-state index in [1.54, 1.807) is 0 Å². The molecule has 9 heteroatoms. The van der Waals surface area contributed by atoms with Crippen molar-refractivity contribution in [3.05, 3.63) is 30.0 Å². The zero-order valence-electron chi connectivity index (χ0n) is 9.36. The van der Waals surface area contributed by atoms with Crippen LogP contribution in [0.1, 0.15) is 5.69 Å². The summed E-state index contributed by atoms with van der Waals surface area (Å²) < 4.78 is 62.1. The second kappa shape index (κ2) is 4.97.